The largest absolute Gasteiger partial charge is 0.395 e. The van der Waals surface area contributed by atoms with Crippen LogP contribution >= 0.6 is 0 Å². The van der Waals surface area contributed by atoms with E-state index in [0.717, 1.165) is 29.4 Å². The van der Waals surface area contributed by atoms with Crippen molar-refractivity contribution in [2.24, 2.45) is 0 Å². The van der Waals surface area contributed by atoms with E-state index in [4.69, 9.17) is 0 Å². The van der Waals surface area contributed by atoms with Gasteiger partial charge in [0.25, 0.3) is 0 Å². The zero-order chi connectivity index (χ0) is 13.9. The highest BCUT2D eigenvalue weighted by Crippen LogP contribution is 2.35. The van der Waals surface area contributed by atoms with Crippen LogP contribution in [0.15, 0.2) is 30.5 Å². The van der Waals surface area contributed by atoms with Crippen molar-refractivity contribution in [2.45, 2.75) is 25.3 Å². The van der Waals surface area contributed by atoms with E-state index in [2.05, 4.69) is 16.0 Å². The second-order valence-electron chi connectivity index (χ2n) is 5.15. The van der Waals surface area contributed by atoms with Crippen LogP contribution < -0.4 is 4.90 Å². The molecule has 1 aliphatic rings. The molecule has 0 atom stereocenters. The number of fused-ring (bicyclic) bond motifs is 1. The Kier molecular flexibility index (Phi) is 3.53. The molecule has 102 valence electrons. The predicted molar refractivity (Wildman–Crippen MR) is 78.5 cm³/mol. The number of nitrogens with zero attached hydrogens (tertiary/aromatic N) is 3. The standard InChI is InChI=1S/C16H17N3O/c17-10-12-11-18-15-7-2-1-6-14(15)16(12)19(8-9-20)13-4-3-5-13/h1-2,6-7,11,13,20H,3-5,8-9H2. The molecule has 20 heavy (non-hydrogen) atoms. The summed E-state index contributed by atoms with van der Waals surface area (Å²) >= 11 is 0. The molecule has 1 N–H and O–H groups in total. The maximum absolute atomic E-state index is 9.39. The molecule has 0 unspecified atom stereocenters. The molecule has 1 aliphatic carbocycles. The van der Waals surface area contributed by atoms with E-state index in [-0.39, 0.29) is 6.61 Å². The lowest BCUT2D eigenvalue weighted by atomic mass is 9.90. The SMILES string of the molecule is N#Cc1cnc2ccccc2c1N(CCO)C1CCC1. The van der Waals surface area contributed by atoms with Crippen molar-refractivity contribution in [2.75, 3.05) is 18.1 Å². The molecule has 0 amide bonds. The van der Waals surface area contributed by atoms with Crippen LogP contribution in [0.2, 0.25) is 0 Å². The number of anilines is 1. The predicted octanol–water partition coefficient (Wildman–Crippen LogP) is 2.46. The van der Waals surface area contributed by atoms with E-state index in [1.807, 2.05) is 24.3 Å². The summed E-state index contributed by atoms with van der Waals surface area (Å²) in [7, 11) is 0. The summed E-state index contributed by atoms with van der Waals surface area (Å²) in [6.07, 6.45) is 5.11. The highest BCUT2D eigenvalue weighted by Gasteiger charge is 2.27. The monoisotopic (exact) mass is 267 g/mol. The van der Waals surface area contributed by atoms with Crippen LogP contribution in [-0.4, -0.2) is 29.3 Å². The van der Waals surface area contributed by atoms with Crippen molar-refractivity contribution in [1.29, 1.82) is 5.26 Å². The van der Waals surface area contributed by atoms with Crippen LogP contribution in [-0.2, 0) is 0 Å². The Morgan fingerprint density at radius 1 is 1.35 bits per heavy atom. The molecular formula is C16H17N3O. The number of nitriles is 1. The number of pyridine rings is 1. The molecule has 1 aromatic heterocycles. The minimum Gasteiger partial charge on any atom is -0.395 e. The first kappa shape index (κ1) is 12.9. The van der Waals surface area contributed by atoms with Crippen molar-refractivity contribution >= 4 is 16.6 Å². The van der Waals surface area contributed by atoms with Crippen LogP contribution in [0.4, 0.5) is 5.69 Å². The number of para-hydroxylation sites is 1. The molecule has 1 fully saturated rings. The number of benzene rings is 1. The van der Waals surface area contributed by atoms with Gasteiger partial charge in [-0.15, -0.1) is 0 Å². The molecule has 4 heteroatoms. The van der Waals surface area contributed by atoms with Gasteiger partial charge >= 0.3 is 0 Å². The number of rotatable bonds is 4. The minimum atomic E-state index is 0.0953. The first-order valence-corrected chi connectivity index (χ1v) is 7.00. The van der Waals surface area contributed by atoms with E-state index in [1.165, 1.54) is 6.42 Å². The topological polar surface area (TPSA) is 60.2 Å². The van der Waals surface area contributed by atoms with Gasteiger partial charge in [-0.05, 0) is 25.3 Å². The third kappa shape index (κ3) is 2.10. The van der Waals surface area contributed by atoms with Gasteiger partial charge < -0.3 is 10.0 Å². The third-order valence-electron chi connectivity index (χ3n) is 4.01. The molecule has 2 aromatic rings. The van der Waals surface area contributed by atoms with Gasteiger partial charge in [-0.25, -0.2) is 0 Å². The average molecular weight is 267 g/mol. The highest BCUT2D eigenvalue weighted by molar-refractivity contribution is 5.94. The zero-order valence-electron chi connectivity index (χ0n) is 11.3. The lowest BCUT2D eigenvalue weighted by Gasteiger charge is -2.39. The van der Waals surface area contributed by atoms with Crippen LogP contribution in [0.1, 0.15) is 24.8 Å². The number of aromatic nitrogens is 1. The fraction of sp³-hybridized carbons (Fsp3) is 0.375. The third-order valence-corrected chi connectivity index (χ3v) is 4.01. The summed E-state index contributed by atoms with van der Waals surface area (Å²) in [5.41, 5.74) is 2.41. The quantitative estimate of drug-likeness (QED) is 0.924. The molecule has 0 spiro atoms. The zero-order valence-corrected chi connectivity index (χ0v) is 11.3. The van der Waals surface area contributed by atoms with Gasteiger partial charge in [0.1, 0.15) is 6.07 Å². The fourth-order valence-electron chi connectivity index (χ4n) is 2.80. The van der Waals surface area contributed by atoms with Gasteiger partial charge in [0.2, 0.25) is 0 Å². The lowest BCUT2D eigenvalue weighted by Crippen LogP contribution is -2.42. The Balaban J connectivity index is 2.18. The van der Waals surface area contributed by atoms with E-state index in [1.54, 1.807) is 6.20 Å². The summed E-state index contributed by atoms with van der Waals surface area (Å²) < 4.78 is 0. The average Bonchev–Trinajstić information content (AvgIpc) is 2.43. The molecule has 0 saturated heterocycles. The van der Waals surface area contributed by atoms with Crippen LogP contribution in [0.25, 0.3) is 10.9 Å². The van der Waals surface area contributed by atoms with Crippen molar-refractivity contribution in [1.82, 2.24) is 4.98 Å². The smallest absolute Gasteiger partial charge is 0.103 e. The Hall–Kier alpha value is -2.12. The fourth-order valence-corrected chi connectivity index (χ4v) is 2.80. The molecule has 1 aromatic carbocycles. The maximum atomic E-state index is 9.39. The first-order valence-electron chi connectivity index (χ1n) is 7.00. The molecule has 1 heterocycles. The number of aliphatic hydroxyl groups excluding tert-OH is 1. The Morgan fingerprint density at radius 3 is 2.80 bits per heavy atom. The number of hydrogen-bond donors (Lipinski definition) is 1. The minimum absolute atomic E-state index is 0.0953. The summed E-state index contributed by atoms with van der Waals surface area (Å²) in [4.78, 5) is 6.53. The highest BCUT2D eigenvalue weighted by atomic mass is 16.3. The molecule has 4 nitrogen and oxygen atoms in total. The van der Waals surface area contributed by atoms with Crippen molar-refractivity contribution in [3.63, 3.8) is 0 Å². The summed E-state index contributed by atoms with van der Waals surface area (Å²) in [5.74, 6) is 0. The number of aliphatic hydroxyl groups is 1. The van der Waals surface area contributed by atoms with Crippen molar-refractivity contribution in [3.8, 4) is 6.07 Å². The molecule has 3 rings (SSSR count). The second-order valence-corrected chi connectivity index (χ2v) is 5.15. The Bertz CT molecular complexity index is 658. The first-order chi connectivity index (χ1) is 9.85. The summed E-state index contributed by atoms with van der Waals surface area (Å²) in [6, 6.07) is 10.5. The van der Waals surface area contributed by atoms with Crippen LogP contribution in [0.3, 0.4) is 0 Å². The maximum Gasteiger partial charge on any atom is 0.103 e. The van der Waals surface area contributed by atoms with Gasteiger partial charge in [-0.2, -0.15) is 5.26 Å². The molecular weight excluding hydrogens is 250 g/mol. The number of hydrogen-bond acceptors (Lipinski definition) is 4. The Labute approximate surface area is 118 Å². The van der Waals surface area contributed by atoms with Gasteiger partial charge in [0.05, 0.1) is 23.4 Å². The van der Waals surface area contributed by atoms with Crippen LogP contribution in [0.5, 0.6) is 0 Å². The summed E-state index contributed by atoms with van der Waals surface area (Å²) in [6.45, 7) is 0.658. The van der Waals surface area contributed by atoms with Gasteiger partial charge in [0.15, 0.2) is 0 Å². The van der Waals surface area contributed by atoms with E-state index in [9.17, 15) is 10.4 Å². The second kappa shape index (κ2) is 5.48. The van der Waals surface area contributed by atoms with E-state index < -0.39 is 0 Å². The Morgan fingerprint density at radius 2 is 2.15 bits per heavy atom. The van der Waals surface area contributed by atoms with Crippen molar-refractivity contribution in [3.05, 3.63) is 36.0 Å². The lowest BCUT2D eigenvalue weighted by molar-refractivity contribution is 0.284. The van der Waals surface area contributed by atoms with Gasteiger partial charge in [-0.1, -0.05) is 18.2 Å². The summed E-state index contributed by atoms with van der Waals surface area (Å²) in [5, 5.41) is 19.7. The van der Waals surface area contributed by atoms with E-state index >= 15 is 0 Å². The molecule has 0 radical (unpaired) electrons. The van der Waals surface area contributed by atoms with Crippen LogP contribution in [0, 0.1) is 11.3 Å². The van der Waals surface area contributed by atoms with Crippen molar-refractivity contribution < 1.29 is 5.11 Å². The van der Waals surface area contributed by atoms with Gasteiger partial charge in [-0.3, -0.25) is 4.98 Å². The normalized spacial score (nSPS) is 14.8. The molecule has 0 bridgehead atoms. The van der Waals surface area contributed by atoms with Gasteiger partial charge in [0, 0.05) is 24.2 Å². The molecule has 0 aliphatic heterocycles. The molecule has 1 saturated carbocycles. The van der Waals surface area contributed by atoms with E-state index in [0.29, 0.717) is 18.2 Å².